The van der Waals surface area contributed by atoms with Gasteiger partial charge < -0.3 is 10.1 Å². The zero-order valence-electron chi connectivity index (χ0n) is 10.2. The quantitative estimate of drug-likeness (QED) is 0.828. The van der Waals surface area contributed by atoms with Crippen molar-refractivity contribution in [1.29, 1.82) is 0 Å². The van der Waals surface area contributed by atoms with Gasteiger partial charge in [-0.15, -0.1) is 0 Å². The molecule has 1 amide bonds. The lowest BCUT2D eigenvalue weighted by atomic mass is 10.1. The van der Waals surface area contributed by atoms with Gasteiger partial charge in [0.25, 0.3) is 5.91 Å². The Morgan fingerprint density at radius 3 is 3.11 bits per heavy atom. The zero-order chi connectivity index (χ0) is 13.2. The number of rotatable bonds is 2. The largest absolute Gasteiger partial charge is 0.356 e. The minimum Gasteiger partial charge on any atom is -0.356 e. The van der Waals surface area contributed by atoms with Crippen molar-refractivity contribution < 1.29 is 9.53 Å². The van der Waals surface area contributed by atoms with Gasteiger partial charge in [-0.05, 0) is 18.2 Å². The molecule has 0 aliphatic carbocycles. The second-order valence-corrected chi connectivity index (χ2v) is 4.30. The summed E-state index contributed by atoms with van der Waals surface area (Å²) in [4.78, 5) is 16.1. The third-order valence-corrected chi connectivity index (χ3v) is 2.89. The van der Waals surface area contributed by atoms with Gasteiger partial charge in [0.05, 0.1) is 24.6 Å². The molecule has 0 bridgehead atoms. The molecule has 1 saturated heterocycles. The molecule has 96 valence electrons. The Kier molecular flexibility index (Phi) is 2.92. The molecular formula is C13H12N4O2. The van der Waals surface area contributed by atoms with Crippen LogP contribution in [-0.4, -0.2) is 41.1 Å². The molecule has 1 fully saturated rings. The van der Waals surface area contributed by atoms with Crippen molar-refractivity contribution in [2.45, 2.75) is 6.10 Å². The highest BCUT2D eigenvalue weighted by Gasteiger charge is 2.30. The molecule has 3 rings (SSSR count). The topological polar surface area (TPSA) is 76.5 Å². The SMILES string of the molecule is C=C1COC(C2=NCC(c3cccnn3)=C2)C(=O)N1. The van der Waals surface area contributed by atoms with E-state index in [1.54, 1.807) is 6.20 Å². The van der Waals surface area contributed by atoms with Crippen LogP contribution >= 0.6 is 0 Å². The molecule has 3 heterocycles. The van der Waals surface area contributed by atoms with Gasteiger partial charge in [0.15, 0.2) is 6.10 Å². The van der Waals surface area contributed by atoms with E-state index in [0.29, 0.717) is 24.6 Å². The number of carbonyl (C=O) groups excluding carboxylic acids is 1. The van der Waals surface area contributed by atoms with Gasteiger partial charge in [-0.25, -0.2) is 0 Å². The summed E-state index contributed by atoms with van der Waals surface area (Å²) in [6, 6.07) is 3.68. The fourth-order valence-corrected chi connectivity index (χ4v) is 1.99. The number of aliphatic imine (C=N–C) groups is 1. The highest BCUT2D eigenvalue weighted by molar-refractivity contribution is 6.17. The van der Waals surface area contributed by atoms with Gasteiger partial charge in [0.1, 0.15) is 0 Å². The van der Waals surface area contributed by atoms with E-state index >= 15 is 0 Å². The van der Waals surface area contributed by atoms with Gasteiger partial charge in [-0.1, -0.05) is 6.58 Å². The summed E-state index contributed by atoms with van der Waals surface area (Å²) < 4.78 is 5.45. The highest BCUT2D eigenvalue weighted by atomic mass is 16.5. The van der Waals surface area contributed by atoms with E-state index in [9.17, 15) is 4.79 Å². The number of nitrogens with zero attached hydrogens (tertiary/aromatic N) is 3. The molecule has 6 heteroatoms. The number of nitrogens with one attached hydrogen (secondary N) is 1. The molecule has 1 unspecified atom stereocenters. The molecular weight excluding hydrogens is 244 g/mol. The fourth-order valence-electron chi connectivity index (χ4n) is 1.99. The lowest BCUT2D eigenvalue weighted by Gasteiger charge is -2.23. The van der Waals surface area contributed by atoms with E-state index in [-0.39, 0.29) is 5.91 Å². The van der Waals surface area contributed by atoms with Gasteiger partial charge >= 0.3 is 0 Å². The summed E-state index contributed by atoms with van der Waals surface area (Å²) in [7, 11) is 0. The average Bonchev–Trinajstić information content (AvgIpc) is 2.89. The Bertz CT molecular complexity index is 592. The zero-order valence-corrected chi connectivity index (χ0v) is 10.2. The first-order valence-corrected chi connectivity index (χ1v) is 5.87. The summed E-state index contributed by atoms with van der Waals surface area (Å²) >= 11 is 0. The van der Waals surface area contributed by atoms with Crippen LogP contribution in [0.3, 0.4) is 0 Å². The van der Waals surface area contributed by atoms with Crippen LogP contribution in [0.5, 0.6) is 0 Å². The Morgan fingerprint density at radius 2 is 2.37 bits per heavy atom. The predicted molar refractivity (Wildman–Crippen MR) is 69.3 cm³/mol. The maximum Gasteiger partial charge on any atom is 0.259 e. The Hall–Kier alpha value is -2.34. The standard InChI is InChI=1S/C13H12N4O2/c1-8-7-19-12(13(18)16-8)11-5-9(6-14-11)10-3-2-4-15-17-10/h2-5,12H,1,6-7H2,(H,16,18). The third kappa shape index (κ3) is 2.30. The summed E-state index contributed by atoms with van der Waals surface area (Å²) in [6.45, 7) is 4.46. The smallest absolute Gasteiger partial charge is 0.259 e. The van der Waals surface area contributed by atoms with E-state index in [2.05, 4.69) is 27.1 Å². The molecule has 1 atom stereocenters. The number of aromatic nitrogens is 2. The second kappa shape index (κ2) is 4.74. The summed E-state index contributed by atoms with van der Waals surface area (Å²) in [5.74, 6) is -0.230. The van der Waals surface area contributed by atoms with Gasteiger partial charge in [-0.3, -0.25) is 9.79 Å². The Balaban J connectivity index is 1.79. The van der Waals surface area contributed by atoms with Crippen LogP contribution in [0.2, 0.25) is 0 Å². The number of hydrogen-bond acceptors (Lipinski definition) is 5. The second-order valence-electron chi connectivity index (χ2n) is 4.30. The molecule has 0 aromatic carbocycles. The van der Waals surface area contributed by atoms with Crippen molar-refractivity contribution in [2.24, 2.45) is 4.99 Å². The molecule has 1 aromatic heterocycles. The molecule has 1 aromatic rings. The van der Waals surface area contributed by atoms with E-state index in [4.69, 9.17) is 4.74 Å². The van der Waals surface area contributed by atoms with Crippen LogP contribution in [-0.2, 0) is 9.53 Å². The van der Waals surface area contributed by atoms with Crippen molar-refractivity contribution in [1.82, 2.24) is 15.5 Å². The van der Waals surface area contributed by atoms with Crippen molar-refractivity contribution in [3.63, 3.8) is 0 Å². The Labute approximate surface area is 109 Å². The molecule has 2 aliphatic heterocycles. The normalized spacial score (nSPS) is 22.8. The van der Waals surface area contributed by atoms with Crippen LogP contribution in [0.15, 0.2) is 41.7 Å². The van der Waals surface area contributed by atoms with E-state index in [1.165, 1.54) is 0 Å². The minimum atomic E-state index is -0.667. The average molecular weight is 256 g/mol. The van der Waals surface area contributed by atoms with Crippen molar-refractivity contribution in [3.05, 3.63) is 42.4 Å². The number of hydrogen-bond donors (Lipinski definition) is 1. The van der Waals surface area contributed by atoms with Crippen LogP contribution in [0.4, 0.5) is 0 Å². The summed E-state index contributed by atoms with van der Waals surface area (Å²) in [5, 5.41) is 10.5. The first-order valence-electron chi connectivity index (χ1n) is 5.87. The number of amides is 1. The number of carbonyl (C=O) groups is 1. The maximum absolute atomic E-state index is 11.8. The Morgan fingerprint density at radius 1 is 1.47 bits per heavy atom. The minimum absolute atomic E-state index is 0.230. The summed E-state index contributed by atoms with van der Waals surface area (Å²) in [6.07, 6.45) is 2.78. The van der Waals surface area contributed by atoms with E-state index in [1.807, 2.05) is 18.2 Å². The van der Waals surface area contributed by atoms with Crippen LogP contribution in [0.25, 0.3) is 5.57 Å². The highest BCUT2D eigenvalue weighted by Crippen LogP contribution is 2.19. The lowest BCUT2D eigenvalue weighted by Crippen LogP contribution is -2.46. The van der Waals surface area contributed by atoms with Gasteiger partial charge in [0, 0.05) is 17.5 Å². The molecule has 1 N–H and O–H groups in total. The first-order chi connectivity index (χ1) is 9.24. The molecule has 2 aliphatic rings. The summed E-state index contributed by atoms with van der Waals surface area (Å²) in [5.41, 5.74) is 2.88. The monoisotopic (exact) mass is 256 g/mol. The molecule has 0 saturated carbocycles. The van der Waals surface area contributed by atoms with Crippen LogP contribution in [0.1, 0.15) is 5.69 Å². The first kappa shape index (κ1) is 11.7. The van der Waals surface area contributed by atoms with E-state index in [0.717, 1.165) is 11.3 Å². The number of morpholine rings is 1. The van der Waals surface area contributed by atoms with Crippen molar-refractivity contribution in [3.8, 4) is 0 Å². The van der Waals surface area contributed by atoms with E-state index < -0.39 is 6.10 Å². The molecule has 0 radical (unpaired) electrons. The molecule has 0 spiro atoms. The van der Waals surface area contributed by atoms with Crippen molar-refractivity contribution in [2.75, 3.05) is 13.2 Å². The van der Waals surface area contributed by atoms with Crippen molar-refractivity contribution >= 4 is 17.2 Å². The van der Waals surface area contributed by atoms with Crippen LogP contribution in [0, 0.1) is 0 Å². The number of ether oxygens (including phenoxy) is 1. The van der Waals surface area contributed by atoms with Crippen LogP contribution < -0.4 is 5.32 Å². The molecule has 6 nitrogen and oxygen atoms in total. The fraction of sp³-hybridized carbons (Fsp3) is 0.231. The molecule has 19 heavy (non-hydrogen) atoms. The van der Waals surface area contributed by atoms with Gasteiger partial charge in [0.2, 0.25) is 0 Å². The van der Waals surface area contributed by atoms with Gasteiger partial charge in [-0.2, -0.15) is 10.2 Å². The maximum atomic E-state index is 11.8. The third-order valence-electron chi connectivity index (χ3n) is 2.89. The predicted octanol–water partition coefficient (Wildman–Crippen LogP) is 0.343. The lowest BCUT2D eigenvalue weighted by molar-refractivity contribution is -0.130.